The lowest BCUT2D eigenvalue weighted by molar-refractivity contribution is 0.0300. The largest absolute Gasteiger partial charge is 0.378 e. The van der Waals surface area contributed by atoms with E-state index in [0.29, 0.717) is 49.6 Å². The van der Waals surface area contributed by atoms with Gasteiger partial charge in [0.05, 0.1) is 13.2 Å². The van der Waals surface area contributed by atoms with Crippen molar-refractivity contribution in [2.45, 2.75) is 38.6 Å². The second-order valence-corrected chi connectivity index (χ2v) is 7.47. The van der Waals surface area contributed by atoms with Crippen LogP contribution in [0.1, 0.15) is 48.8 Å². The molecule has 7 heteroatoms. The summed E-state index contributed by atoms with van der Waals surface area (Å²) in [5.74, 6) is 0.436. The number of carbonyl (C=O) groups is 1. The van der Waals surface area contributed by atoms with Crippen molar-refractivity contribution in [2.75, 3.05) is 39.4 Å². The van der Waals surface area contributed by atoms with E-state index in [2.05, 4.69) is 34.8 Å². The zero-order valence-corrected chi connectivity index (χ0v) is 15.6. The number of amides is 1. The number of hydrogen-bond acceptors (Lipinski definition) is 5. The molecule has 2 aromatic heterocycles. The Labute approximate surface area is 154 Å². The number of aromatic nitrogens is 3. The monoisotopic (exact) mass is 357 g/mol. The molecular formula is C19H27N5O2. The number of hydrogen-bond donors (Lipinski definition) is 0. The number of piperidine rings is 1. The number of carbonyl (C=O) groups excluding carboxylic acids is 1. The molecule has 2 aliphatic heterocycles. The van der Waals surface area contributed by atoms with Crippen LogP contribution in [-0.2, 0) is 4.74 Å². The lowest BCUT2D eigenvalue weighted by atomic mass is 9.92. The Balaban J connectivity index is 1.58. The molecule has 0 aliphatic carbocycles. The summed E-state index contributed by atoms with van der Waals surface area (Å²) in [4.78, 5) is 26.1. The molecule has 1 amide bonds. The predicted octanol–water partition coefficient (Wildman–Crippen LogP) is 1.79. The fraction of sp³-hybridized carbons (Fsp3) is 0.632. The summed E-state index contributed by atoms with van der Waals surface area (Å²) in [6, 6.07) is 2.67. The summed E-state index contributed by atoms with van der Waals surface area (Å²) < 4.78 is 7.36. The molecule has 26 heavy (non-hydrogen) atoms. The standard InChI is InChI=1S/C19H27N5O2/c1-14(2)22-7-4-15(5-8-22)16-3-6-20-18-17(21-13-24(16)18)19(25)23-9-11-26-12-10-23/h3,6,13-15H,4-5,7-12H2,1-2H3. The minimum absolute atomic E-state index is 0.0462. The van der Waals surface area contributed by atoms with Crippen molar-refractivity contribution in [3.8, 4) is 0 Å². The van der Waals surface area contributed by atoms with Crippen LogP contribution in [0.3, 0.4) is 0 Å². The van der Waals surface area contributed by atoms with Gasteiger partial charge in [0.1, 0.15) is 6.33 Å². The second-order valence-electron chi connectivity index (χ2n) is 7.47. The maximum atomic E-state index is 12.8. The first kappa shape index (κ1) is 17.4. The molecule has 140 valence electrons. The molecule has 0 N–H and O–H groups in total. The summed E-state index contributed by atoms with van der Waals surface area (Å²) in [5.41, 5.74) is 2.34. The number of ether oxygens (including phenoxy) is 1. The lowest BCUT2D eigenvalue weighted by Gasteiger charge is -2.34. The van der Waals surface area contributed by atoms with E-state index in [9.17, 15) is 4.79 Å². The van der Waals surface area contributed by atoms with Crippen LogP contribution >= 0.6 is 0 Å². The Morgan fingerprint density at radius 2 is 1.88 bits per heavy atom. The topological polar surface area (TPSA) is 63.0 Å². The molecule has 2 aliphatic rings. The van der Waals surface area contributed by atoms with Crippen LogP contribution in [0, 0.1) is 0 Å². The Kier molecular flexibility index (Phi) is 4.91. The summed E-state index contributed by atoms with van der Waals surface area (Å²) in [5, 5.41) is 0. The van der Waals surface area contributed by atoms with Crippen molar-refractivity contribution >= 4 is 11.6 Å². The van der Waals surface area contributed by atoms with Gasteiger partial charge in [0.2, 0.25) is 0 Å². The smallest absolute Gasteiger partial charge is 0.276 e. The average molecular weight is 357 g/mol. The molecule has 0 radical (unpaired) electrons. The SMILES string of the molecule is CC(C)N1CCC(c2ccnc3c(C(=O)N4CCOCC4)ncn23)CC1. The third kappa shape index (κ3) is 3.21. The molecule has 4 rings (SSSR count). The molecule has 0 bridgehead atoms. The Bertz CT molecular complexity index is 773. The van der Waals surface area contributed by atoms with Crippen LogP contribution in [0.4, 0.5) is 0 Å². The molecule has 2 aromatic rings. The van der Waals surface area contributed by atoms with Crippen LogP contribution in [0.5, 0.6) is 0 Å². The molecule has 0 saturated carbocycles. The summed E-state index contributed by atoms with van der Waals surface area (Å²) in [6.45, 7) is 9.14. The Morgan fingerprint density at radius 1 is 1.15 bits per heavy atom. The molecule has 7 nitrogen and oxygen atoms in total. The number of morpholine rings is 1. The summed E-state index contributed by atoms with van der Waals surface area (Å²) in [6.07, 6.45) is 5.84. The van der Waals surface area contributed by atoms with Crippen molar-refractivity contribution in [3.05, 3.63) is 30.0 Å². The van der Waals surface area contributed by atoms with E-state index in [4.69, 9.17) is 4.74 Å². The van der Waals surface area contributed by atoms with Crippen LogP contribution in [0.2, 0.25) is 0 Å². The summed E-state index contributed by atoms with van der Waals surface area (Å²) in [7, 11) is 0. The van der Waals surface area contributed by atoms with Crippen molar-refractivity contribution in [2.24, 2.45) is 0 Å². The third-order valence-corrected chi connectivity index (χ3v) is 5.64. The first-order valence-electron chi connectivity index (χ1n) is 9.58. The second kappa shape index (κ2) is 7.32. The zero-order valence-electron chi connectivity index (χ0n) is 15.6. The maximum absolute atomic E-state index is 12.8. The quantitative estimate of drug-likeness (QED) is 0.838. The number of fused-ring (bicyclic) bond motifs is 1. The highest BCUT2D eigenvalue weighted by Crippen LogP contribution is 2.29. The molecule has 0 spiro atoms. The van der Waals surface area contributed by atoms with Gasteiger partial charge in [-0.1, -0.05) is 0 Å². The third-order valence-electron chi connectivity index (χ3n) is 5.64. The van der Waals surface area contributed by atoms with Crippen molar-refractivity contribution in [1.29, 1.82) is 0 Å². The van der Waals surface area contributed by atoms with Gasteiger partial charge >= 0.3 is 0 Å². The number of likely N-dealkylation sites (tertiary alicyclic amines) is 1. The van der Waals surface area contributed by atoms with Gasteiger partial charge in [0.25, 0.3) is 5.91 Å². The van der Waals surface area contributed by atoms with Crippen LogP contribution in [-0.4, -0.2) is 75.5 Å². The molecule has 4 heterocycles. The van der Waals surface area contributed by atoms with Crippen LogP contribution in [0.15, 0.2) is 18.6 Å². The first-order chi connectivity index (χ1) is 12.6. The van der Waals surface area contributed by atoms with Crippen LogP contribution < -0.4 is 0 Å². The van der Waals surface area contributed by atoms with Crippen molar-refractivity contribution < 1.29 is 9.53 Å². The van der Waals surface area contributed by atoms with E-state index < -0.39 is 0 Å². The van der Waals surface area contributed by atoms with Crippen molar-refractivity contribution in [1.82, 2.24) is 24.2 Å². The van der Waals surface area contributed by atoms with Gasteiger partial charge in [-0.05, 0) is 45.8 Å². The van der Waals surface area contributed by atoms with Gasteiger partial charge in [0, 0.05) is 36.9 Å². The zero-order chi connectivity index (χ0) is 18.1. The highest BCUT2D eigenvalue weighted by molar-refractivity contribution is 5.98. The number of imidazole rings is 1. The molecule has 0 unspecified atom stereocenters. The molecule has 0 atom stereocenters. The summed E-state index contributed by atoms with van der Waals surface area (Å²) >= 11 is 0. The Morgan fingerprint density at radius 3 is 2.58 bits per heavy atom. The number of nitrogens with zero attached hydrogens (tertiary/aromatic N) is 5. The molecule has 0 aromatic carbocycles. The fourth-order valence-corrected chi connectivity index (χ4v) is 4.03. The van der Waals surface area contributed by atoms with E-state index in [0.717, 1.165) is 25.9 Å². The van der Waals surface area contributed by atoms with Gasteiger partial charge in [-0.25, -0.2) is 9.97 Å². The van der Waals surface area contributed by atoms with Gasteiger partial charge in [0.15, 0.2) is 11.3 Å². The minimum atomic E-state index is -0.0462. The fourth-order valence-electron chi connectivity index (χ4n) is 4.03. The highest BCUT2D eigenvalue weighted by atomic mass is 16.5. The van der Waals surface area contributed by atoms with Gasteiger partial charge in [-0.2, -0.15) is 0 Å². The van der Waals surface area contributed by atoms with Crippen molar-refractivity contribution in [3.63, 3.8) is 0 Å². The highest BCUT2D eigenvalue weighted by Gasteiger charge is 2.27. The van der Waals surface area contributed by atoms with Gasteiger partial charge < -0.3 is 14.5 Å². The van der Waals surface area contributed by atoms with E-state index in [1.807, 2.05) is 10.6 Å². The van der Waals surface area contributed by atoms with Gasteiger partial charge in [-0.15, -0.1) is 0 Å². The van der Waals surface area contributed by atoms with E-state index in [1.54, 1.807) is 11.2 Å². The molecule has 2 fully saturated rings. The predicted molar refractivity (Wildman–Crippen MR) is 98.4 cm³/mol. The first-order valence-corrected chi connectivity index (χ1v) is 9.58. The normalized spacial score (nSPS) is 20.2. The minimum Gasteiger partial charge on any atom is -0.378 e. The van der Waals surface area contributed by atoms with E-state index in [1.165, 1.54) is 5.69 Å². The maximum Gasteiger partial charge on any atom is 0.276 e. The van der Waals surface area contributed by atoms with Gasteiger partial charge in [-0.3, -0.25) is 9.20 Å². The van der Waals surface area contributed by atoms with E-state index in [-0.39, 0.29) is 5.91 Å². The number of rotatable bonds is 3. The van der Waals surface area contributed by atoms with Crippen LogP contribution in [0.25, 0.3) is 5.65 Å². The Hall–Kier alpha value is -1.99. The average Bonchev–Trinajstić information content (AvgIpc) is 3.12. The molecular weight excluding hydrogens is 330 g/mol. The lowest BCUT2D eigenvalue weighted by Crippen LogP contribution is -2.41. The molecule has 2 saturated heterocycles. The van der Waals surface area contributed by atoms with E-state index >= 15 is 0 Å².